The molecule has 3 aliphatic rings. The van der Waals surface area contributed by atoms with Gasteiger partial charge in [0, 0.05) is 23.3 Å². The molecule has 3 aromatic rings. The number of aromatic nitrogens is 2. The van der Waals surface area contributed by atoms with Gasteiger partial charge >= 0.3 is 0 Å². The van der Waals surface area contributed by atoms with E-state index in [1.807, 2.05) is 30.3 Å². The van der Waals surface area contributed by atoms with Gasteiger partial charge in [0.15, 0.2) is 17.1 Å². The number of rotatable bonds is 4. The van der Waals surface area contributed by atoms with Gasteiger partial charge in [0.25, 0.3) is 5.88 Å². The largest absolute Gasteiger partial charge is 0.508 e. The molecule has 0 saturated carbocycles. The number of aliphatic hydroxyl groups excluding tert-OH is 1. The van der Waals surface area contributed by atoms with Crippen LogP contribution in [0.4, 0.5) is 0 Å². The average Bonchev–Trinajstić information content (AvgIpc) is 3.30. The quantitative estimate of drug-likeness (QED) is 0.523. The second-order valence-electron chi connectivity index (χ2n) is 9.20. The Morgan fingerprint density at radius 3 is 2.77 bits per heavy atom. The maximum atomic E-state index is 13.8. The molecular formula is C26H23N3O6. The van der Waals surface area contributed by atoms with Crippen molar-refractivity contribution in [3.8, 4) is 5.88 Å². The molecule has 0 saturated heterocycles. The third-order valence-electron chi connectivity index (χ3n) is 7.39. The molecule has 9 heteroatoms. The van der Waals surface area contributed by atoms with Crippen LogP contribution in [0.3, 0.4) is 0 Å². The number of carbonyl (C=O) groups excluding carboxylic acids is 2. The number of hydrogen-bond acceptors (Lipinski definition) is 9. The van der Waals surface area contributed by atoms with E-state index < -0.39 is 40.8 Å². The summed E-state index contributed by atoms with van der Waals surface area (Å²) >= 11 is 0. The molecule has 1 aromatic carbocycles. The third kappa shape index (κ3) is 3.01. The molecule has 2 heterocycles. The lowest BCUT2D eigenvalue weighted by Gasteiger charge is -2.47. The van der Waals surface area contributed by atoms with Crippen LogP contribution < -0.4 is 10.1 Å². The van der Waals surface area contributed by atoms with Crippen molar-refractivity contribution in [3.63, 3.8) is 0 Å². The monoisotopic (exact) mass is 473 g/mol. The Kier molecular flexibility index (Phi) is 4.87. The van der Waals surface area contributed by atoms with Crippen LogP contribution in [0.2, 0.25) is 0 Å². The van der Waals surface area contributed by atoms with Crippen molar-refractivity contribution in [2.24, 2.45) is 11.8 Å². The van der Waals surface area contributed by atoms with Crippen molar-refractivity contribution < 1.29 is 29.1 Å². The van der Waals surface area contributed by atoms with Gasteiger partial charge in [-0.1, -0.05) is 30.3 Å². The minimum Gasteiger partial charge on any atom is -0.508 e. The van der Waals surface area contributed by atoms with Gasteiger partial charge < -0.3 is 24.8 Å². The molecule has 0 radical (unpaired) electrons. The Bertz CT molecular complexity index is 1380. The van der Waals surface area contributed by atoms with E-state index in [4.69, 9.17) is 9.26 Å². The first-order valence-electron chi connectivity index (χ1n) is 11.5. The molecule has 0 bridgehead atoms. The Balaban J connectivity index is 1.44. The van der Waals surface area contributed by atoms with Gasteiger partial charge in [-0.3, -0.25) is 14.6 Å². The molecule has 35 heavy (non-hydrogen) atoms. The number of allylic oxidation sites excluding steroid dienone is 1. The number of hydrogen-bond donors (Lipinski definition) is 3. The van der Waals surface area contributed by atoms with Crippen LogP contribution >= 0.6 is 0 Å². The smallest absolute Gasteiger partial charge is 0.265 e. The fourth-order valence-electron chi connectivity index (χ4n) is 5.73. The number of benzene rings is 1. The number of pyridine rings is 1. The van der Waals surface area contributed by atoms with Crippen molar-refractivity contribution >= 4 is 11.6 Å². The number of carbonyl (C=O) groups is 2. The van der Waals surface area contributed by atoms with Gasteiger partial charge in [0.05, 0.1) is 11.7 Å². The predicted molar refractivity (Wildman–Crippen MR) is 122 cm³/mol. The zero-order valence-electron chi connectivity index (χ0n) is 18.9. The fraction of sp³-hybridized carbons (Fsp3) is 0.308. The second kappa shape index (κ2) is 7.86. The number of ketones is 2. The van der Waals surface area contributed by atoms with E-state index in [0.29, 0.717) is 17.7 Å². The molecule has 0 spiro atoms. The minimum absolute atomic E-state index is 0.0324. The highest BCUT2D eigenvalue weighted by Crippen LogP contribution is 2.54. The van der Waals surface area contributed by atoms with Crippen molar-refractivity contribution in [1.29, 1.82) is 0 Å². The highest BCUT2D eigenvalue weighted by atomic mass is 16.5. The van der Waals surface area contributed by atoms with Gasteiger partial charge in [-0.05, 0) is 48.7 Å². The molecule has 0 aliphatic heterocycles. The van der Waals surface area contributed by atoms with Crippen LogP contribution in [0, 0.1) is 11.8 Å². The normalized spacial score (nSPS) is 27.1. The van der Waals surface area contributed by atoms with Crippen LogP contribution in [0.25, 0.3) is 0 Å². The van der Waals surface area contributed by atoms with Crippen molar-refractivity contribution in [2.45, 2.75) is 31.1 Å². The van der Waals surface area contributed by atoms with Crippen LogP contribution in [-0.2, 0) is 13.0 Å². The van der Waals surface area contributed by atoms with E-state index >= 15 is 0 Å². The van der Waals surface area contributed by atoms with E-state index in [9.17, 15) is 19.8 Å². The average molecular weight is 473 g/mol. The maximum absolute atomic E-state index is 13.8. The van der Waals surface area contributed by atoms with Gasteiger partial charge in [-0.15, -0.1) is 0 Å². The van der Waals surface area contributed by atoms with E-state index in [0.717, 1.165) is 5.56 Å². The third-order valence-corrected chi connectivity index (χ3v) is 7.39. The summed E-state index contributed by atoms with van der Waals surface area (Å²) in [5, 5.41) is 30.2. The molecule has 3 N–H and O–H groups in total. The van der Waals surface area contributed by atoms with Gasteiger partial charge in [0.2, 0.25) is 5.78 Å². The van der Waals surface area contributed by atoms with Crippen LogP contribution in [0.1, 0.15) is 50.2 Å². The number of fused-ring (bicyclic) bond motifs is 4. The lowest BCUT2D eigenvalue weighted by atomic mass is 9.59. The molecule has 6 rings (SSSR count). The number of ether oxygens (including phenoxy) is 1. The minimum atomic E-state index is -2.32. The zero-order chi connectivity index (χ0) is 24.3. The van der Waals surface area contributed by atoms with E-state index in [2.05, 4.69) is 15.5 Å². The molecule has 0 fully saturated rings. The Morgan fingerprint density at radius 1 is 1.20 bits per heavy atom. The Morgan fingerprint density at radius 2 is 2.00 bits per heavy atom. The van der Waals surface area contributed by atoms with Gasteiger partial charge in [-0.2, -0.15) is 0 Å². The number of nitrogens with zero attached hydrogens (tertiary/aromatic N) is 2. The summed E-state index contributed by atoms with van der Waals surface area (Å²) in [6, 6.07) is 12.0. The van der Waals surface area contributed by atoms with Crippen LogP contribution in [-0.4, -0.2) is 44.6 Å². The molecule has 0 amide bonds. The van der Waals surface area contributed by atoms with Crippen LogP contribution in [0.5, 0.6) is 5.88 Å². The van der Waals surface area contributed by atoms with Gasteiger partial charge in [-0.25, -0.2) is 0 Å². The van der Waals surface area contributed by atoms with E-state index in [-0.39, 0.29) is 35.8 Å². The molecule has 2 aromatic heterocycles. The van der Waals surface area contributed by atoms with E-state index in [1.165, 1.54) is 0 Å². The predicted octanol–water partition coefficient (Wildman–Crippen LogP) is 2.72. The summed E-state index contributed by atoms with van der Waals surface area (Å²) in [6.07, 6.45) is 2.32. The first-order valence-corrected chi connectivity index (χ1v) is 11.5. The second-order valence-corrected chi connectivity index (χ2v) is 9.20. The number of Topliss-reactive ketones (excluding diaryl/α,β-unsaturated/α-hetero) is 2. The molecule has 0 unspecified atom stereocenters. The summed E-state index contributed by atoms with van der Waals surface area (Å²) in [5.41, 5.74) is -0.407. The lowest BCUT2D eigenvalue weighted by Crippen LogP contribution is -2.59. The fourth-order valence-corrected chi connectivity index (χ4v) is 5.73. The lowest BCUT2D eigenvalue weighted by molar-refractivity contribution is -0.0396. The topological polar surface area (TPSA) is 135 Å². The first kappa shape index (κ1) is 21.7. The number of aliphatic hydroxyl groups is 2. The van der Waals surface area contributed by atoms with E-state index in [1.54, 1.807) is 25.4 Å². The first-order chi connectivity index (χ1) is 16.9. The zero-order valence-corrected chi connectivity index (χ0v) is 18.9. The summed E-state index contributed by atoms with van der Waals surface area (Å²) in [7, 11) is 1.68. The maximum Gasteiger partial charge on any atom is 0.265 e. The summed E-state index contributed by atoms with van der Waals surface area (Å²) in [4.78, 5) is 31.4. The van der Waals surface area contributed by atoms with Crippen molar-refractivity contribution in [2.75, 3.05) is 7.05 Å². The molecule has 4 atom stereocenters. The van der Waals surface area contributed by atoms with Gasteiger partial charge in [0.1, 0.15) is 17.9 Å². The molecular weight excluding hydrogens is 450 g/mol. The molecule has 3 aliphatic carbocycles. The summed E-state index contributed by atoms with van der Waals surface area (Å²) in [5.74, 6) is -2.81. The highest BCUT2D eigenvalue weighted by molar-refractivity contribution is 6.14. The van der Waals surface area contributed by atoms with Crippen molar-refractivity contribution in [1.82, 2.24) is 15.5 Å². The van der Waals surface area contributed by atoms with Crippen LogP contribution in [0.15, 0.2) is 64.5 Å². The Hall–Kier alpha value is -3.82. The number of nitrogens with one attached hydrogen (secondary N) is 1. The standard InChI is InChI=1S/C26H23N3O6/c1-27-20-16-10-14-11-17-15(8-5-9-28-17)21(30)18(14)23(31)26(16,33)24(32)19-22(20)35-29-25(19)34-12-13-6-3-2-4-7-13/h2-9,14,16,20,27,31,33H,10-12H2,1H3/t14-,16+,20+,26+/m1/s1. The molecule has 9 nitrogen and oxygen atoms in total. The summed E-state index contributed by atoms with van der Waals surface area (Å²) < 4.78 is 11.3. The van der Waals surface area contributed by atoms with Crippen molar-refractivity contribution in [3.05, 3.63) is 88.1 Å². The molecule has 178 valence electrons. The summed E-state index contributed by atoms with van der Waals surface area (Å²) in [6.45, 7) is 0.136. The SMILES string of the molecule is CN[C@@H]1c2onc(OCc3ccccc3)c2C(=O)[C@@]2(O)C(O)=C3C(=O)c4cccnc4C[C@H]3C[C@@H]12. The Labute approximate surface area is 200 Å². The highest BCUT2D eigenvalue weighted by Gasteiger charge is 2.63.